The summed E-state index contributed by atoms with van der Waals surface area (Å²) in [5, 5.41) is 0. The van der Waals surface area contributed by atoms with Crippen molar-refractivity contribution in [1.29, 1.82) is 0 Å². The first-order valence-corrected chi connectivity index (χ1v) is 20.2. The number of hydrogen-bond acceptors (Lipinski definition) is 10. The zero-order valence-electron chi connectivity index (χ0n) is 33.6. The third-order valence-corrected chi connectivity index (χ3v) is 8.93. The van der Waals surface area contributed by atoms with E-state index in [2.05, 4.69) is 0 Å². The Bertz CT molecular complexity index is 1980. The topological polar surface area (TPSA) is 124 Å². The number of unbranched alkanes of at least 4 members (excludes halogenated alkanes) is 6. The minimum absolute atomic E-state index is 0.227. The molecule has 0 bridgehead atoms. The maximum absolute atomic E-state index is 12.8. The molecule has 0 spiro atoms. The maximum Gasteiger partial charge on any atom is 0.343 e. The molecule has 0 radical (unpaired) electrons. The smallest absolute Gasteiger partial charge is 0.343 e. The van der Waals surface area contributed by atoms with Gasteiger partial charge in [0.15, 0.2) is 0 Å². The number of carbonyl (C=O) groups excluding carboxylic acids is 4. The fourth-order valence-electron chi connectivity index (χ4n) is 5.70. The molecule has 0 heterocycles. The van der Waals surface area contributed by atoms with Crippen molar-refractivity contribution in [1.82, 2.24) is 0 Å². The molecule has 0 saturated heterocycles. The number of esters is 4. The summed E-state index contributed by atoms with van der Waals surface area (Å²) in [7, 11) is 0. The number of benzene rings is 5. The molecule has 0 amide bonds. The van der Waals surface area contributed by atoms with Crippen LogP contribution >= 0.6 is 0 Å². The maximum atomic E-state index is 12.8. The molecule has 310 valence electrons. The molecule has 5 rings (SSSR count). The van der Waals surface area contributed by atoms with Crippen LogP contribution in [0.5, 0.6) is 23.0 Å². The van der Waals surface area contributed by atoms with Gasteiger partial charge < -0.3 is 28.4 Å². The Balaban J connectivity index is 0.910. The molecule has 0 saturated carbocycles. The highest BCUT2D eigenvalue weighted by atomic mass is 16.6. The zero-order valence-corrected chi connectivity index (χ0v) is 33.6. The fraction of sp³-hybridized carbons (Fsp3) is 0.240. The highest BCUT2D eigenvalue weighted by Crippen LogP contribution is 2.23. The number of hydrogen-bond donors (Lipinski definition) is 0. The Hall–Kier alpha value is -6.94. The van der Waals surface area contributed by atoms with Gasteiger partial charge in [0.05, 0.1) is 37.6 Å². The van der Waals surface area contributed by atoms with E-state index in [9.17, 15) is 19.2 Å². The molecular weight excluding hydrogens is 761 g/mol. The lowest BCUT2D eigenvalue weighted by Gasteiger charge is -2.09. The summed E-state index contributed by atoms with van der Waals surface area (Å²) in [6, 6.07) is 38.9. The molecule has 10 heteroatoms. The van der Waals surface area contributed by atoms with Crippen LogP contribution < -0.4 is 18.9 Å². The van der Waals surface area contributed by atoms with E-state index < -0.39 is 11.9 Å². The Morgan fingerprint density at radius 1 is 0.383 bits per heavy atom. The first kappa shape index (κ1) is 44.2. The summed E-state index contributed by atoms with van der Waals surface area (Å²) in [5.74, 6) is -0.105. The van der Waals surface area contributed by atoms with Gasteiger partial charge in [-0.3, -0.25) is 0 Å². The van der Waals surface area contributed by atoms with E-state index in [1.54, 1.807) is 78.9 Å². The lowest BCUT2D eigenvalue weighted by Crippen LogP contribution is -2.10. The first-order chi connectivity index (χ1) is 29.4. The van der Waals surface area contributed by atoms with E-state index in [0.717, 1.165) is 62.5 Å². The van der Waals surface area contributed by atoms with Gasteiger partial charge in [0.1, 0.15) is 23.0 Å². The van der Waals surface area contributed by atoms with E-state index in [1.807, 2.05) is 60.7 Å². The van der Waals surface area contributed by atoms with Gasteiger partial charge in [-0.25, -0.2) is 19.2 Å². The summed E-state index contributed by atoms with van der Waals surface area (Å²) < 4.78 is 33.2. The standard InChI is InChI=1S/C50H50O10/c51-47(32-22-39-16-7-5-8-17-39)57-36-13-3-1-11-34-55-43-28-24-41(25-29-43)49(53)59-45-20-15-21-46(38-45)60-50(54)42-26-30-44(31-27-42)56-35-12-2-4-14-37-58-48(52)33-23-40-18-9-6-10-19-40/h5-10,15-33,38H,1-4,11-14,34-37H2/b32-22+,33-23+. The van der Waals surface area contributed by atoms with Gasteiger partial charge in [-0.1, -0.05) is 66.7 Å². The molecule has 0 aliphatic heterocycles. The Labute approximate surface area is 351 Å². The summed E-state index contributed by atoms with van der Waals surface area (Å²) in [5.41, 5.74) is 2.57. The number of carbonyl (C=O) groups is 4. The lowest BCUT2D eigenvalue weighted by atomic mass is 10.2. The molecule has 0 fully saturated rings. The zero-order chi connectivity index (χ0) is 42.0. The Morgan fingerprint density at radius 2 is 0.767 bits per heavy atom. The summed E-state index contributed by atoms with van der Waals surface area (Å²) >= 11 is 0. The van der Waals surface area contributed by atoms with Crippen molar-refractivity contribution >= 4 is 36.0 Å². The predicted molar refractivity (Wildman–Crippen MR) is 230 cm³/mol. The molecule has 0 N–H and O–H groups in total. The first-order valence-electron chi connectivity index (χ1n) is 20.2. The summed E-state index contributed by atoms with van der Waals surface area (Å²) in [4.78, 5) is 49.4. The van der Waals surface area contributed by atoms with Gasteiger partial charge in [0.2, 0.25) is 0 Å². The van der Waals surface area contributed by atoms with Crippen LogP contribution in [0.4, 0.5) is 0 Å². The van der Waals surface area contributed by atoms with Crippen LogP contribution in [0.25, 0.3) is 12.2 Å². The van der Waals surface area contributed by atoms with Crippen LogP contribution in [0.2, 0.25) is 0 Å². The van der Waals surface area contributed by atoms with Gasteiger partial charge in [-0.15, -0.1) is 0 Å². The molecule has 0 aliphatic rings. The number of ether oxygens (including phenoxy) is 6. The molecule has 0 aromatic heterocycles. The van der Waals surface area contributed by atoms with Crippen molar-refractivity contribution in [3.63, 3.8) is 0 Å². The minimum atomic E-state index is -0.565. The van der Waals surface area contributed by atoms with Crippen molar-refractivity contribution in [3.8, 4) is 23.0 Å². The average molecular weight is 811 g/mol. The van der Waals surface area contributed by atoms with E-state index >= 15 is 0 Å². The van der Waals surface area contributed by atoms with Crippen molar-refractivity contribution in [2.45, 2.75) is 51.4 Å². The molecule has 10 nitrogen and oxygen atoms in total. The molecule has 0 unspecified atom stereocenters. The van der Waals surface area contributed by atoms with Crippen LogP contribution in [-0.2, 0) is 19.1 Å². The van der Waals surface area contributed by atoms with Crippen molar-refractivity contribution < 1.29 is 47.6 Å². The minimum Gasteiger partial charge on any atom is -0.494 e. The highest BCUT2D eigenvalue weighted by molar-refractivity contribution is 5.92. The van der Waals surface area contributed by atoms with E-state index in [1.165, 1.54) is 18.2 Å². The van der Waals surface area contributed by atoms with Crippen molar-refractivity contribution in [2.75, 3.05) is 26.4 Å². The normalized spacial score (nSPS) is 10.9. The fourth-order valence-corrected chi connectivity index (χ4v) is 5.70. The van der Waals surface area contributed by atoms with Gasteiger partial charge in [0, 0.05) is 18.2 Å². The molecule has 5 aromatic rings. The lowest BCUT2D eigenvalue weighted by molar-refractivity contribution is -0.138. The quantitative estimate of drug-likeness (QED) is 0.0257. The van der Waals surface area contributed by atoms with E-state index in [-0.39, 0.29) is 23.4 Å². The second-order valence-corrected chi connectivity index (χ2v) is 13.7. The molecule has 0 atom stereocenters. The Kier molecular flexibility index (Phi) is 18.7. The molecule has 60 heavy (non-hydrogen) atoms. The van der Waals surface area contributed by atoms with E-state index in [4.69, 9.17) is 28.4 Å². The van der Waals surface area contributed by atoms with Crippen LogP contribution in [-0.4, -0.2) is 50.3 Å². The second kappa shape index (κ2) is 25.4. The van der Waals surface area contributed by atoms with E-state index in [0.29, 0.717) is 49.1 Å². The van der Waals surface area contributed by atoms with Gasteiger partial charge in [-0.2, -0.15) is 0 Å². The second-order valence-electron chi connectivity index (χ2n) is 13.7. The Morgan fingerprint density at radius 3 is 1.17 bits per heavy atom. The number of rotatable bonds is 24. The summed E-state index contributed by atoms with van der Waals surface area (Å²) in [6.45, 7) is 1.79. The van der Waals surface area contributed by atoms with Crippen LogP contribution in [0, 0.1) is 0 Å². The molecule has 5 aromatic carbocycles. The van der Waals surface area contributed by atoms with Gasteiger partial charge in [-0.05, 0) is 135 Å². The third-order valence-electron chi connectivity index (χ3n) is 8.93. The van der Waals surface area contributed by atoms with Crippen LogP contribution in [0.3, 0.4) is 0 Å². The monoisotopic (exact) mass is 810 g/mol. The average Bonchev–Trinajstić information content (AvgIpc) is 3.28. The summed E-state index contributed by atoms with van der Waals surface area (Å²) in [6.07, 6.45) is 13.3. The van der Waals surface area contributed by atoms with Gasteiger partial charge >= 0.3 is 23.9 Å². The van der Waals surface area contributed by atoms with Crippen LogP contribution in [0.15, 0.2) is 146 Å². The van der Waals surface area contributed by atoms with Crippen molar-refractivity contribution in [3.05, 3.63) is 168 Å². The predicted octanol–water partition coefficient (Wildman–Crippen LogP) is 10.5. The largest absolute Gasteiger partial charge is 0.494 e. The van der Waals surface area contributed by atoms with Crippen molar-refractivity contribution in [2.24, 2.45) is 0 Å². The third kappa shape index (κ3) is 16.9. The molecular formula is C50H50O10. The SMILES string of the molecule is O=C(/C=C/c1ccccc1)OCCCCCCOc1ccc(C(=O)Oc2cccc(OC(=O)c3ccc(OCCCCCCOC(=O)/C=C/c4ccccc4)cc3)c2)cc1. The van der Waals surface area contributed by atoms with Crippen LogP contribution in [0.1, 0.15) is 83.2 Å². The van der Waals surface area contributed by atoms with Gasteiger partial charge in [0.25, 0.3) is 0 Å². The molecule has 0 aliphatic carbocycles. The highest BCUT2D eigenvalue weighted by Gasteiger charge is 2.13.